The van der Waals surface area contributed by atoms with Gasteiger partial charge in [0.1, 0.15) is 5.76 Å². The van der Waals surface area contributed by atoms with Crippen LogP contribution in [-0.4, -0.2) is 37.6 Å². The molecule has 0 radical (unpaired) electrons. The molecule has 2 aromatic rings. The summed E-state index contributed by atoms with van der Waals surface area (Å²) in [5.74, 6) is 0.873. The molecule has 2 atom stereocenters. The van der Waals surface area contributed by atoms with Crippen molar-refractivity contribution >= 4 is 17.4 Å². The van der Waals surface area contributed by atoms with Gasteiger partial charge in [-0.2, -0.15) is 0 Å². The number of rotatable bonds is 7. The number of carbonyl (C=O) groups excluding carboxylic acids is 1. The van der Waals surface area contributed by atoms with Crippen molar-refractivity contribution < 1.29 is 9.21 Å². The van der Waals surface area contributed by atoms with E-state index < -0.39 is 0 Å². The van der Waals surface area contributed by atoms with Crippen molar-refractivity contribution in [3.63, 3.8) is 0 Å². The molecule has 2 amide bonds. The van der Waals surface area contributed by atoms with Gasteiger partial charge in [0.2, 0.25) is 0 Å². The number of likely N-dealkylation sites (N-methyl/N-ethyl adjacent to an activating group) is 1. The molecular weight excluding hydrogens is 298 g/mol. The summed E-state index contributed by atoms with van der Waals surface area (Å²) in [4.78, 5) is 15.4. The highest BCUT2D eigenvalue weighted by Gasteiger charge is 2.17. The third-order valence-corrected chi connectivity index (χ3v) is 4.39. The summed E-state index contributed by atoms with van der Waals surface area (Å²) in [6.07, 6.45) is 2.33. The van der Waals surface area contributed by atoms with E-state index in [0.29, 0.717) is 13.0 Å². The smallest absolute Gasteiger partial charge is 0.315 e. The monoisotopic (exact) mass is 321 g/mol. The van der Waals surface area contributed by atoms with Crippen molar-refractivity contribution in [2.45, 2.75) is 25.4 Å². The van der Waals surface area contributed by atoms with E-state index in [2.05, 4.69) is 27.0 Å². The van der Waals surface area contributed by atoms with Gasteiger partial charge in [-0.1, -0.05) is 6.07 Å². The van der Waals surface area contributed by atoms with Gasteiger partial charge in [0.25, 0.3) is 0 Å². The summed E-state index contributed by atoms with van der Waals surface area (Å²) in [5, 5.41) is 7.93. The molecule has 0 aliphatic rings. The van der Waals surface area contributed by atoms with Crippen molar-refractivity contribution in [2.75, 3.05) is 20.6 Å². The van der Waals surface area contributed by atoms with E-state index in [4.69, 9.17) is 4.42 Å². The van der Waals surface area contributed by atoms with Gasteiger partial charge in [0.05, 0.1) is 12.3 Å². The van der Waals surface area contributed by atoms with Gasteiger partial charge in [-0.3, -0.25) is 0 Å². The number of thiophene rings is 1. The Morgan fingerprint density at radius 1 is 1.36 bits per heavy atom. The molecule has 0 saturated heterocycles. The predicted molar refractivity (Wildman–Crippen MR) is 89.2 cm³/mol. The molecule has 22 heavy (non-hydrogen) atoms. The maximum absolute atomic E-state index is 12.0. The summed E-state index contributed by atoms with van der Waals surface area (Å²) in [7, 11) is 4.03. The highest BCUT2D eigenvalue weighted by atomic mass is 32.1. The van der Waals surface area contributed by atoms with Gasteiger partial charge in [-0.05, 0) is 44.6 Å². The lowest BCUT2D eigenvalue weighted by atomic mass is 10.2. The zero-order chi connectivity index (χ0) is 15.9. The summed E-state index contributed by atoms with van der Waals surface area (Å²) < 4.78 is 5.29. The molecule has 0 aliphatic heterocycles. The average Bonchev–Trinajstić information content (AvgIpc) is 3.11. The van der Waals surface area contributed by atoms with E-state index in [0.717, 1.165) is 5.76 Å². The Hall–Kier alpha value is -1.79. The first kappa shape index (κ1) is 16.6. The molecule has 5 nitrogen and oxygen atoms in total. The third-order valence-electron chi connectivity index (χ3n) is 3.42. The van der Waals surface area contributed by atoms with E-state index in [1.165, 1.54) is 4.88 Å². The van der Waals surface area contributed by atoms with Crippen LogP contribution in [0.5, 0.6) is 0 Å². The van der Waals surface area contributed by atoms with E-state index in [9.17, 15) is 4.79 Å². The van der Waals surface area contributed by atoms with Gasteiger partial charge in [-0.25, -0.2) is 4.79 Å². The van der Waals surface area contributed by atoms with E-state index >= 15 is 0 Å². The average molecular weight is 321 g/mol. The number of furan rings is 1. The van der Waals surface area contributed by atoms with E-state index in [-0.39, 0.29) is 18.1 Å². The molecule has 0 fully saturated rings. The molecule has 2 rings (SSSR count). The fourth-order valence-corrected chi connectivity index (χ4v) is 3.19. The first-order valence-electron chi connectivity index (χ1n) is 7.33. The molecule has 2 unspecified atom stereocenters. The van der Waals surface area contributed by atoms with Crippen LogP contribution in [0.3, 0.4) is 0 Å². The maximum atomic E-state index is 12.0. The van der Waals surface area contributed by atoms with Crippen LogP contribution in [0.2, 0.25) is 0 Å². The van der Waals surface area contributed by atoms with E-state index in [1.807, 2.05) is 39.2 Å². The van der Waals surface area contributed by atoms with E-state index in [1.54, 1.807) is 17.6 Å². The second-order valence-corrected chi connectivity index (χ2v) is 6.51. The quantitative estimate of drug-likeness (QED) is 0.824. The Labute approximate surface area is 135 Å². The topological polar surface area (TPSA) is 57.5 Å². The first-order chi connectivity index (χ1) is 10.6. The summed E-state index contributed by atoms with van der Waals surface area (Å²) >= 11 is 1.70. The summed E-state index contributed by atoms with van der Waals surface area (Å²) in [5.41, 5.74) is 0. The fraction of sp³-hybridized carbons (Fsp3) is 0.438. The minimum Gasteiger partial charge on any atom is -0.469 e. The maximum Gasteiger partial charge on any atom is 0.315 e. The number of nitrogens with zero attached hydrogens (tertiary/aromatic N) is 1. The number of amides is 2. The molecule has 0 spiro atoms. The third kappa shape index (κ3) is 4.89. The normalized spacial score (nSPS) is 13.8. The molecule has 6 heteroatoms. The molecule has 0 saturated carbocycles. The van der Waals surface area contributed by atoms with Crippen LogP contribution in [-0.2, 0) is 6.42 Å². The Morgan fingerprint density at radius 2 is 2.18 bits per heavy atom. The number of hydrogen-bond acceptors (Lipinski definition) is 4. The molecule has 0 bridgehead atoms. The first-order valence-corrected chi connectivity index (χ1v) is 8.21. The standard InChI is InChI=1S/C16H23N3O2S/c1-12(10-13-6-4-8-21-13)18-16(20)17-11-14(19(2)3)15-7-5-9-22-15/h4-9,12,14H,10-11H2,1-3H3,(H2,17,18,20). The van der Waals surface area contributed by atoms with Crippen LogP contribution >= 0.6 is 11.3 Å². The Kier molecular flexibility index (Phi) is 6.03. The van der Waals surface area contributed by atoms with Crippen LogP contribution in [0, 0.1) is 0 Å². The van der Waals surface area contributed by atoms with Crippen molar-refractivity contribution in [2.24, 2.45) is 0 Å². The van der Waals surface area contributed by atoms with Gasteiger partial charge < -0.3 is 20.0 Å². The summed E-state index contributed by atoms with van der Waals surface area (Å²) in [6, 6.07) is 7.94. The van der Waals surface area contributed by atoms with Gasteiger partial charge in [-0.15, -0.1) is 11.3 Å². The molecular formula is C16H23N3O2S. The van der Waals surface area contributed by atoms with Crippen LogP contribution < -0.4 is 10.6 Å². The lowest BCUT2D eigenvalue weighted by Crippen LogP contribution is -2.44. The summed E-state index contributed by atoms with van der Waals surface area (Å²) in [6.45, 7) is 2.54. The van der Waals surface area contributed by atoms with Crippen molar-refractivity contribution in [1.29, 1.82) is 0 Å². The highest BCUT2D eigenvalue weighted by molar-refractivity contribution is 7.10. The van der Waals surface area contributed by atoms with Crippen LogP contribution in [0.4, 0.5) is 4.79 Å². The van der Waals surface area contributed by atoms with Crippen LogP contribution in [0.25, 0.3) is 0 Å². The second kappa shape index (κ2) is 8.00. The molecule has 0 aliphatic carbocycles. The predicted octanol–water partition coefficient (Wildman–Crippen LogP) is 2.87. The fourth-order valence-electron chi connectivity index (χ4n) is 2.26. The second-order valence-electron chi connectivity index (χ2n) is 5.53. The Balaban J connectivity index is 1.78. The number of urea groups is 1. The number of hydrogen-bond donors (Lipinski definition) is 2. The van der Waals surface area contributed by atoms with Crippen molar-refractivity contribution in [3.8, 4) is 0 Å². The van der Waals surface area contributed by atoms with Gasteiger partial charge in [0, 0.05) is 23.9 Å². The molecule has 0 aromatic carbocycles. The van der Waals surface area contributed by atoms with Gasteiger partial charge in [0.15, 0.2) is 0 Å². The SMILES string of the molecule is CC(Cc1ccco1)NC(=O)NCC(c1cccs1)N(C)C. The number of nitrogens with one attached hydrogen (secondary N) is 2. The van der Waals surface area contributed by atoms with Gasteiger partial charge >= 0.3 is 6.03 Å². The molecule has 2 N–H and O–H groups in total. The van der Waals surface area contributed by atoms with Crippen molar-refractivity contribution in [3.05, 3.63) is 46.5 Å². The van der Waals surface area contributed by atoms with Crippen molar-refractivity contribution in [1.82, 2.24) is 15.5 Å². The number of carbonyl (C=O) groups is 1. The zero-order valence-electron chi connectivity index (χ0n) is 13.2. The molecule has 120 valence electrons. The largest absolute Gasteiger partial charge is 0.469 e. The van der Waals surface area contributed by atoms with Crippen LogP contribution in [0.15, 0.2) is 40.3 Å². The lowest BCUT2D eigenvalue weighted by Gasteiger charge is -2.24. The van der Waals surface area contributed by atoms with Crippen LogP contribution in [0.1, 0.15) is 23.6 Å². The zero-order valence-corrected chi connectivity index (χ0v) is 14.0. The highest BCUT2D eigenvalue weighted by Crippen LogP contribution is 2.22. The minimum atomic E-state index is -0.150. The Bertz CT molecular complexity index is 552. The molecule has 2 heterocycles. The Morgan fingerprint density at radius 3 is 2.77 bits per heavy atom. The molecule has 2 aromatic heterocycles. The lowest BCUT2D eigenvalue weighted by molar-refractivity contribution is 0.230. The minimum absolute atomic E-state index is 0.0192.